The van der Waals surface area contributed by atoms with E-state index in [2.05, 4.69) is 5.32 Å². The highest BCUT2D eigenvalue weighted by Gasteiger charge is 2.19. The van der Waals surface area contributed by atoms with Crippen molar-refractivity contribution in [2.24, 2.45) is 0 Å². The van der Waals surface area contributed by atoms with Crippen molar-refractivity contribution in [1.29, 1.82) is 0 Å². The molecule has 9 heteroatoms. The van der Waals surface area contributed by atoms with Gasteiger partial charge in [-0.15, -0.1) is 0 Å². The number of nitro groups is 1. The van der Waals surface area contributed by atoms with Gasteiger partial charge in [-0.3, -0.25) is 14.9 Å². The summed E-state index contributed by atoms with van der Waals surface area (Å²) in [5, 5.41) is 23.4. The van der Waals surface area contributed by atoms with Crippen molar-refractivity contribution in [3.05, 3.63) is 57.6 Å². The van der Waals surface area contributed by atoms with Gasteiger partial charge in [0.1, 0.15) is 5.75 Å². The van der Waals surface area contributed by atoms with E-state index in [-0.39, 0.29) is 33.3 Å². The van der Waals surface area contributed by atoms with Gasteiger partial charge >= 0.3 is 0 Å². The van der Waals surface area contributed by atoms with Gasteiger partial charge in [-0.2, -0.15) is 0 Å². The van der Waals surface area contributed by atoms with Crippen LogP contribution in [0.5, 0.6) is 5.75 Å². The van der Waals surface area contributed by atoms with Gasteiger partial charge in [0.25, 0.3) is 11.6 Å². The number of nitro benzene ring substituents is 1. The first-order chi connectivity index (χ1) is 12.2. The number of benzene rings is 2. The molecule has 0 saturated carbocycles. The van der Waals surface area contributed by atoms with E-state index in [0.29, 0.717) is 12.0 Å². The molecule has 138 valence electrons. The van der Waals surface area contributed by atoms with Gasteiger partial charge in [0.2, 0.25) is 0 Å². The Hall–Kier alpha value is -2.94. The minimum absolute atomic E-state index is 0.0250. The molecule has 2 N–H and O–H groups in total. The molecule has 26 heavy (non-hydrogen) atoms. The summed E-state index contributed by atoms with van der Waals surface area (Å²) >= 11 is 0. The highest BCUT2D eigenvalue weighted by atomic mass is 32.2. The number of aryl methyl sites for hydroxylation is 1. The summed E-state index contributed by atoms with van der Waals surface area (Å²) in [6.07, 6.45) is 0.440. The minimum atomic E-state index is -3.52. The number of nitrogens with one attached hydrogen (secondary N) is 1. The topological polar surface area (TPSA) is 127 Å². The van der Waals surface area contributed by atoms with Crippen molar-refractivity contribution < 1.29 is 23.2 Å². The fourth-order valence-corrected chi connectivity index (χ4v) is 3.25. The molecular weight excluding hydrogens is 360 g/mol. The normalized spacial score (nSPS) is 11.2. The molecule has 2 aromatic carbocycles. The maximum atomic E-state index is 12.4. The molecule has 0 bridgehead atoms. The van der Waals surface area contributed by atoms with Crippen LogP contribution in [-0.4, -0.2) is 30.1 Å². The fourth-order valence-electron chi connectivity index (χ4n) is 2.34. The van der Waals surface area contributed by atoms with Crippen LogP contribution in [0.15, 0.2) is 41.3 Å². The summed E-state index contributed by atoms with van der Waals surface area (Å²) in [7, 11) is -3.52. The monoisotopic (exact) mass is 378 g/mol. The van der Waals surface area contributed by atoms with Gasteiger partial charge in [0, 0.05) is 17.2 Å². The predicted molar refractivity (Wildman–Crippen MR) is 96.3 cm³/mol. The molecule has 1 amide bonds. The highest BCUT2D eigenvalue weighted by molar-refractivity contribution is 7.91. The first-order valence-electron chi connectivity index (χ1n) is 7.84. The van der Waals surface area contributed by atoms with Crippen LogP contribution in [0.25, 0.3) is 0 Å². The highest BCUT2D eigenvalue weighted by Crippen LogP contribution is 2.28. The number of carbonyl (C=O) groups is 1. The standard InChI is InChI=1S/C17H18N2O6S/c1-3-11-5-6-12(9-15(11)19(22)23)17(21)18-14-10-13(7-8-16(14)20)26(24,25)4-2/h5-10,20H,3-4H2,1-2H3,(H,18,21). The Morgan fingerprint density at radius 2 is 1.88 bits per heavy atom. The predicted octanol–water partition coefficient (Wildman–Crippen LogP) is 2.91. The summed E-state index contributed by atoms with van der Waals surface area (Å²) in [5.74, 6) is -1.14. The summed E-state index contributed by atoms with van der Waals surface area (Å²) in [5.41, 5.74) is 0.251. The SMILES string of the molecule is CCc1ccc(C(=O)Nc2cc(S(=O)(=O)CC)ccc2O)cc1[N+](=O)[O-]. The van der Waals surface area contributed by atoms with Gasteiger partial charge in [-0.05, 0) is 30.7 Å². The number of phenolic OH excluding ortho intramolecular Hbond substituents is 1. The van der Waals surface area contributed by atoms with Crippen LogP contribution in [0.2, 0.25) is 0 Å². The Bertz CT molecular complexity index is 969. The van der Waals surface area contributed by atoms with Crippen molar-refractivity contribution in [2.75, 3.05) is 11.1 Å². The Morgan fingerprint density at radius 3 is 2.46 bits per heavy atom. The van der Waals surface area contributed by atoms with E-state index < -0.39 is 20.7 Å². The second kappa shape index (κ2) is 7.52. The van der Waals surface area contributed by atoms with Crippen molar-refractivity contribution in [3.63, 3.8) is 0 Å². The molecule has 0 heterocycles. The van der Waals surface area contributed by atoms with Crippen LogP contribution < -0.4 is 5.32 Å². The van der Waals surface area contributed by atoms with Gasteiger partial charge in [-0.25, -0.2) is 8.42 Å². The molecule has 2 rings (SSSR count). The number of anilines is 1. The number of hydrogen-bond donors (Lipinski definition) is 2. The Kier molecular flexibility index (Phi) is 5.61. The molecule has 2 aromatic rings. The third kappa shape index (κ3) is 3.99. The zero-order chi connectivity index (χ0) is 19.5. The number of rotatable bonds is 6. The minimum Gasteiger partial charge on any atom is -0.506 e. The maximum absolute atomic E-state index is 12.4. The van der Waals surface area contributed by atoms with E-state index in [1.165, 1.54) is 31.2 Å². The van der Waals surface area contributed by atoms with Crippen LogP contribution in [0, 0.1) is 10.1 Å². The molecule has 0 fully saturated rings. The second-order valence-electron chi connectivity index (χ2n) is 5.49. The lowest BCUT2D eigenvalue weighted by Crippen LogP contribution is -2.13. The van der Waals surface area contributed by atoms with E-state index in [4.69, 9.17) is 0 Å². The van der Waals surface area contributed by atoms with Gasteiger partial charge in [0.05, 0.1) is 21.3 Å². The Morgan fingerprint density at radius 1 is 1.19 bits per heavy atom. The molecule has 0 radical (unpaired) electrons. The zero-order valence-electron chi connectivity index (χ0n) is 14.2. The van der Waals surface area contributed by atoms with Crippen LogP contribution in [0.4, 0.5) is 11.4 Å². The quantitative estimate of drug-likeness (QED) is 0.452. The van der Waals surface area contributed by atoms with Crippen LogP contribution in [0.1, 0.15) is 29.8 Å². The number of carbonyl (C=O) groups excluding carboxylic acids is 1. The summed E-state index contributed by atoms with van der Waals surface area (Å²) in [6.45, 7) is 3.24. The van der Waals surface area contributed by atoms with E-state index in [1.807, 2.05) is 0 Å². The van der Waals surface area contributed by atoms with Crippen molar-refractivity contribution >= 4 is 27.1 Å². The van der Waals surface area contributed by atoms with Crippen molar-refractivity contribution in [1.82, 2.24) is 0 Å². The Labute approximate surface area is 150 Å². The second-order valence-corrected chi connectivity index (χ2v) is 7.77. The lowest BCUT2D eigenvalue weighted by atomic mass is 10.1. The summed E-state index contributed by atoms with van der Waals surface area (Å²) < 4.78 is 23.9. The number of nitrogens with zero attached hydrogens (tertiary/aromatic N) is 1. The van der Waals surface area contributed by atoms with E-state index in [0.717, 1.165) is 12.1 Å². The van der Waals surface area contributed by atoms with E-state index in [9.17, 15) is 28.4 Å². The maximum Gasteiger partial charge on any atom is 0.273 e. The zero-order valence-corrected chi connectivity index (χ0v) is 15.0. The molecule has 0 unspecified atom stereocenters. The average molecular weight is 378 g/mol. The average Bonchev–Trinajstić information content (AvgIpc) is 2.62. The molecule has 0 aromatic heterocycles. The van der Waals surface area contributed by atoms with Crippen molar-refractivity contribution in [2.45, 2.75) is 25.2 Å². The van der Waals surface area contributed by atoms with E-state index >= 15 is 0 Å². The van der Waals surface area contributed by atoms with Crippen molar-refractivity contribution in [3.8, 4) is 5.75 Å². The number of amides is 1. The van der Waals surface area contributed by atoms with Crippen LogP contribution in [-0.2, 0) is 16.3 Å². The lowest BCUT2D eigenvalue weighted by molar-refractivity contribution is -0.385. The smallest absolute Gasteiger partial charge is 0.273 e. The Balaban J connectivity index is 2.37. The van der Waals surface area contributed by atoms with Gasteiger partial charge in [0.15, 0.2) is 9.84 Å². The lowest BCUT2D eigenvalue weighted by Gasteiger charge is -2.10. The molecular formula is C17H18N2O6S. The van der Waals surface area contributed by atoms with Gasteiger partial charge < -0.3 is 10.4 Å². The largest absolute Gasteiger partial charge is 0.506 e. The third-order valence-corrected chi connectivity index (χ3v) is 5.61. The molecule has 0 aliphatic carbocycles. The molecule has 0 aliphatic heterocycles. The molecule has 0 spiro atoms. The molecule has 8 nitrogen and oxygen atoms in total. The number of hydrogen-bond acceptors (Lipinski definition) is 6. The molecule has 0 atom stereocenters. The van der Waals surface area contributed by atoms with Crippen LogP contribution in [0.3, 0.4) is 0 Å². The fraction of sp³-hybridized carbons (Fsp3) is 0.235. The van der Waals surface area contributed by atoms with Gasteiger partial charge in [-0.1, -0.05) is 19.9 Å². The first-order valence-corrected chi connectivity index (χ1v) is 9.49. The summed E-state index contributed by atoms with van der Waals surface area (Å²) in [4.78, 5) is 22.9. The number of phenols is 1. The first kappa shape index (κ1) is 19.4. The van der Waals surface area contributed by atoms with E-state index in [1.54, 1.807) is 6.92 Å². The summed E-state index contributed by atoms with van der Waals surface area (Å²) in [6, 6.07) is 7.64. The number of aromatic hydroxyl groups is 1. The van der Waals surface area contributed by atoms with Crippen LogP contribution >= 0.6 is 0 Å². The number of sulfone groups is 1. The molecule has 0 saturated heterocycles. The molecule has 0 aliphatic rings. The third-order valence-electron chi connectivity index (χ3n) is 3.88.